The maximum Gasteiger partial charge on any atom is 0.234 e. The van der Waals surface area contributed by atoms with E-state index < -0.39 is 29.0 Å². The molecular formula is C19H13N3O6S-2. The van der Waals surface area contributed by atoms with E-state index in [9.17, 15) is 29.4 Å². The summed E-state index contributed by atoms with van der Waals surface area (Å²) in [6, 6.07) is 10.1. The summed E-state index contributed by atoms with van der Waals surface area (Å²) in [7, 11) is 0. The Hall–Kier alpha value is -3.66. The van der Waals surface area contributed by atoms with Crippen LogP contribution < -0.4 is 15.5 Å². The minimum atomic E-state index is -1.59. The number of carboxylic acid groups (broad SMARTS) is 2. The summed E-state index contributed by atoms with van der Waals surface area (Å²) in [5.74, 6) is -4.13. The number of rotatable bonds is 6. The molecule has 1 aromatic heterocycles. The molecule has 10 heteroatoms. The minimum Gasteiger partial charge on any atom is -0.545 e. The van der Waals surface area contributed by atoms with E-state index >= 15 is 0 Å². The fourth-order valence-corrected chi connectivity index (χ4v) is 3.52. The average molecular weight is 411 g/mol. The highest BCUT2D eigenvalue weighted by molar-refractivity contribution is 7.99. The van der Waals surface area contributed by atoms with Crippen LogP contribution >= 0.6 is 11.8 Å². The quantitative estimate of drug-likeness (QED) is 0.565. The lowest BCUT2D eigenvalue weighted by molar-refractivity contribution is -0.255. The number of carbonyl (C=O) groups excluding carboxylic acids is 4. The molecule has 1 amide bonds. The van der Waals surface area contributed by atoms with Crippen molar-refractivity contribution in [3.63, 3.8) is 0 Å². The standard InChI is InChI=1S/C19H15N3O6S/c1-10(23)22-15-5-3-2-4-14(15)21-19(22)29-9-16(24)20-13-7-11(17(25)26)6-12(8-13)18(27)28/h2-8H,9H2,1H3,(H,20,24)(H,25,26)(H,27,28)/p-2. The molecule has 9 nitrogen and oxygen atoms in total. The van der Waals surface area contributed by atoms with Crippen LogP contribution in [0.5, 0.6) is 0 Å². The highest BCUT2D eigenvalue weighted by Crippen LogP contribution is 2.24. The first-order chi connectivity index (χ1) is 13.8. The van der Waals surface area contributed by atoms with Crippen molar-refractivity contribution in [1.29, 1.82) is 0 Å². The van der Waals surface area contributed by atoms with Crippen molar-refractivity contribution in [3.8, 4) is 0 Å². The lowest BCUT2D eigenvalue weighted by Gasteiger charge is -2.12. The fourth-order valence-electron chi connectivity index (χ4n) is 2.67. The molecule has 148 valence electrons. The SMILES string of the molecule is CC(=O)n1c(SCC(=O)Nc2cc(C(=O)[O-])cc(C(=O)[O-])c2)nc2ccccc21. The molecule has 1 N–H and O–H groups in total. The predicted octanol–water partition coefficient (Wildman–Crippen LogP) is 0.154. The van der Waals surface area contributed by atoms with E-state index in [4.69, 9.17) is 0 Å². The molecule has 0 aliphatic heterocycles. The van der Waals surface area contributed by atoms with Gasteiger partial charge in [0.25, 0.3) is 0 Å². The van der Waals surface area contributed by atoms with Gasteiger partial charge in [-0.2, -0.15) is 0 Å². The number of nitrogens with one attached hydrogen (secondary N) is 1. The normalized spacial score (nSPS) is 10.7. The molecule has 0 aliphatic rings. The Morgan fingerprint density at radius 3 is 2.24 bits per heavy atom. The number of hydrogen-bond donors (Lipinski definition) is 1. The second-order valence-electron chi connectivity index (χ2n) is 5.95. The number of amides is 1. The van der Waals surface area contributed by atoms with Gasteiger partial charge in [0.2, 0.25) is 11.8 Å². The summed E-state index contributed by atoms with van der Waals surface area (Å²) < 4.78 is 1.39. The van der Waals surface area contributed by atoms with Gasteiger partial charge >= 0.3 is 0 Å². The molecule has 0 atom stereocenters. The number of carboxylic acids is 2. The first kappa shape index (κ1) is 20.1. The summed E-state index contributed by atoms with van der Waals surface area (Å²) in [5.41, 5.74) is 0.367. The van der Waals surface area contributed by atoms with Crippen molar-refractivity contribution in [2.24, 2.45) is 0 Å². The number of aromatic carboxylic acids is 2. The van der Waals surface area contributed by atoms with Gasteiger partial charge in [-0.25, -0.2) is 4.98 Å². The summed E-state index contributed by atoms with van der Waals surface area (Å²) in [6.45, 7) is 1.38. The van der Waals surface area contributed by atoms with Gasteiger partial charge in [-0.3, -0.25) is 14.2 Å². The molecule has 3 rings (SSSR count). The van der Waals surface area contributed by atoms with Crippen LogP contribution in [-0.4, -0.2) is 39.1 Å². The topological polar surface area (TPSA) is 144 Å². The van der Waals surface area contributed by atoms with Gasteiger partial charge in [-0.15, -0.1) is 0 Å². The van der Waals surface area contributed by atoms with Crippen LogP contribution in [0.1, 0.15) is 32.4 Å². The van der Waals surface area contributed by atoms with Crippen molar-refractivity contribution in [2.45, 2.75) is 12.1 Å². The van der Waals surface area contributed by atoms with Gasteiger partial charge in [0.1, 0.15) is 0 Å². The molecule has 0 spiro atoms. The van der Waals surface area contributed by atoms with E-state index in [0.29, 0.717) is 16.2 Å². The fraction of sp³-hybridized carbons (Fsp3) is 0.105. The third-order valence-corrected chi connectivity index (χ3v) is 4.80. The molecule has 0 saturated heterocycles. The first-order valence-corrected chi connectivity index (χ1v) is 9.23. The second kappa shape index (κ2) is 8.15. The Morgan fingerprint density at radius 2 is 1.66 bits per heavy atom. The van der Waals surface area contributed by atoms with Crippen molar-refractivity contribution < 1.29 is 29.4 Å². The largest absolute Gasteiger partial charge is 0.545 e. The number of imidazole rings is 1. The molecule has 0 aliphatic carbocycles. The lowest BCUT2D eigenvalue weighted by atomic mass is 10.1. The molecule has 0 saturated carbocycles. The van der Waals surface area contributed by atoms with Gasteiger partial charge in [0.05, 0.1) is 28.7 Å². The van der Waals surface area contributed by atoms with Crippen molar-refractivity contribution in [3.05, 3.63) is 53.6 Å². The Bertz CT molecular complexity index is 1120. The van der Waals surface area contributed by atoms with Crippen LogP contribution in [0.25, 0.3) is 11.0 Å². The van der Waals surface area contributed by atoms with Crippen LogP contribution in [0.4, 0.5) is 5.69 Å². The first-order valence-electron chi connectivity index (χ1n) is 8.25. The highest BCUT2D eigenvalue weighted by Gasteiger charge is 2.16. The number of benzene rings is 2. The van der Waals surface area contributed by atoms with Crippen molar-refractivity contribution >= 4 is 52.2 Å². The number of aromatic nitrogens is 2. The van der Waals surface area contributed by atoms with E-state index in [-0.39, 0.29) is 17.3 Å². The zero-order chi connectivity index (χ0) is 21.1. The number of anilines is 1. The average Bonchev–Trinajstić information content (AvgIpc) is 3.04. The number of para-hydroxylation sites is 2. The zero-order valence-electron chi connectivity index (χ0n) is 15.0. The van der Waals surface area contributed by atoms with Crippen LogP contribution in [0.2, 0.25) is 0 Å². The highest BCUT2D eigenvalue weighted by atomic mass is 32.2. The maximum atomic E-state index is 12.3. The minimum absolute atomic E-state index is 0.0310. The molecule has 2 aromatic carbocycles. The Balaban J connectivity index is 1.78. The smallest absolute Gasteiger partial charge is 0.234 e. The monoisotopic (exact) mass is 411 g/mol. The predicted molar refractivity (Wildman–Crippen MR) is 100 cm³/mol. The van der Waals surface area contributed by atoms with Gasteiger partial charge < -0.3 is 25.1 Å². The van der Waals surface area contributed by atoms with E-state index in [2.05, 4.69) is 10.3 Å². The Labute approximate surface area is 168 Å². The Kier molecular flexibility index (Phi) is 5.64. The van der Waals surface area contributed by atoms with E-state index in [1.54, 1.807) is 24.3 Å². The van der Waals surface area contributed by atoms with E-state index in [1.807, 2.05) is 0 Å². The zero-order valence-corrected chi connectivity index (χ0v) is 15.8. The number of fused-ring (bicyclic) bond motifs is 1. The molecule has 0 radical (unpaired) electrons. The summed E-state index contributed by atoms with van der Waals surface area (Å²) >= 11 is 1.01. The van der Waals surface area contributed by atoms with E-state index in [0.717, 1.165) is 30.0 Å². The third-order valence-electron chi connectivity index (χ3n) is 3.87. The summed E-state index contributed by atoms with van der Waals surface area (Å²) in [6.07, 6.45) is 0. The number of nitrogens with zero attached hydrogens (tertiary/aromatic N) is 2. The molecule has 1 heterocycles. The molecular weight excluding hydrogens is 398 g/mol. The van der Waals surface area contributed by atoms with Crippen molar-refractivity contribution in [2.75, 3.05) is 11.1 Å². The van der Waals surface area contributed by atoms with Gasteiger partial charge in [0, 0.05) is 12.6 Å². The Morgan fingerprint density at radius 1 is 1.03 bits per heavy atom. The summed E-state index contributed by atoms with van der Waals surface area (Å²) in [5, 5.41) is 24.8. The van der Waals surface area contributed by atoms with Gasteiger partial charge in [0.15, 0.2) is 5.16 Å². The van der Waals surface area contributed by atoms with E-state index in [1.165, 1.54) is 11.5 Å². The van der Waals surface area contributed by atoms with Crippen LogP contribution in [0.3, 0.4) is 0 Å². The number of hydrogen-bond acceptors (Lipinski definition) is 8. The molecule has 0 bridgehead atoms. The van der Waals surface area contributed by atoms with Crippen molar-refractivity contribution in [1.82, 2.24) is 9.55 Å². The van der Waals surface area contributed by atoms with Crippen LogP contribution in [0, 0.1) is 0 Å². The number of thioether (sulfide) groups is 1. The molecule has 3 aromatic rings. The maximum absolute atomic E-state index is 12.3. The molecule has 29 heavy (non-hydrogen) atoms. The second-order valence-corrected chi connectivity index (χ2v) is 6.89. The molecule has 0 fully saturated rings. The van der Waals surface area contributed by atoms with Gasteiger partial charge in [-0.05, 0) is 41.5 Å². The lowest BCUT2D eigenvalue weighted by Crippen LogP contribution is -2.26. The van der Waals surface area contributed by atoms with Gasteiger partial charge in [-0.1, -0.05) is 23.9 Å². The molecule has 0 unspecified atom stereocenters. The summed E-state index contributed by atoms with van der Waals surface area (Å²) in [4.78, 5) is 50.6. The number of carbonyl (C=O) groups is 4. The van der Waals surface area contributed by atoms with Crippen LogP contribution in [0.15, 0.2) is 47.6 Å². The van der Waals surface area contributed by atoms with Crippen LogP contribution in [-0.2, 0) is 4.79 Å². The third kappa shape index (κ3) is 4.43.